The molecule has 0 spiro atoms. The fourth-order valence-corrected chi connectivity index (χ4v) is 2.87. The molecule has 5 nitrogen and oxygen atoms in total. The van der Waals surface area contributed by atoms with E-state index in [1.165, 1.54) is 0 Å². The maximum atomic E-state index is 12.1. The molecular weight excluding hydrogens is 242 g/mol. The topological polar surface area (TPSA) is 63.1 Å². The van der Waals surface area contributed by atoms with E-state index in [4.69, 9.17) is 0 Å². The van der Waals surface area contributed by atoms with Gasteiger partial charge in [-0.3, -0.25) is 10.1 Å². The van der Waals surface area contributed by atoms with Crippen molar-refractivity contribution in [2.24, 2.45) is 7.05 Å². The van der Waals surface area contributed by atoms with Crippen LogP contribution < -0.4 is 10.6 Å². The maximum absolute atomic E-state index is 12.1. The number of benzene rings is 1. The normalized spacial score (nSPS) is 22.7. The largest absolute Gasteiger partial charge is 0.348 e. The number of aryl methyl sites for hydroxylation is 1. The molecule has 1 aliphatic heterocycles. The number of carbonyl (C=O) groups excluding carboxylic acids is 2. The molecule has 1 aromatic carbocycles. The van der Waals surface area contributed by atoms with E-state index in [1.807, 2.05) is 42.8 Å². The minimum Gasteiger partial charge on any atom is -0.348 e. The molecule has 1 fully saturated rings. The molecule has 1 unspecified atom stereocenters. The highest BCUT2D eigenvalue weighted by Crippen LogP contribution is 2.35. The molecule has 1 aliphatic rings. The van der Waals surface area contributed by atoms with E-state index < -0.39 is 11.6 Å². The summed E-state index contributed by atoms with van der Waals surface area (Å²) in [7, 11) is 1.96. The van der Waals surface area contributed by atoms with Crippen LogP contribution >= 0.6 is 0 Å². The molecule has 1 atom stereocenters. The Morgan fingerprint density at radius 2 is 1.89 bits per heavy atom. The van der Waals surface area contributed by atoms with Crippen molar-refractivity contribution in [3.8, 4) is 0 Å². The molecule has 5 heteroatoms. The van der Waals surface area contributed by atoms with Crippen molar-refractivity contribution < 1.29 is 9.59 Å². The van der Waals surface area contributed by atoms with Crippen molar-refractivity contribution in [2.75, 3.05) is 0 Å². The Bertz CT molecular complexity index is 717. The third-order valence-electron chi connectivity index (χ3n) is 3.94. The van der Waals surface area contributed by atoms with Crippen LogP contribution in [0.3, 0.4) is 0 Å². The number of amides is 3. The molecule has 0 radical (unpaired) electrons. The second kappa shape index (κ2) is 3.60. The van der Waals surface area contributed by atoms with Gasteiger partial charge in [0.2, 0.25) is 0 Å². The number of fused-ring (bicyclic) bond motifs is 1. The summed E-state index contributed by atoms with van der Waals surface area (Å²) in [6, 6.07) is 7.43. The summed E-state index contributed by atoms with van der Waals surface area (Å²) in [5.41, 5.74) is 1.86. The lowest BCUT2D eigenvalue weighted by Gasteiger charge is -2.21. The predicted octanol–water partition coefficient (Wildman–Crippen LogP) is 1.54. The number of urea groups is 1. The molecular formula is C14H15N3O2. The van der Waals surface area contributed by atoms with E-state index in [9.17, 15) is 9.59 Å². The molecule has 2 aromatic rings. The van der Waals surface area contributed by atoms with E-state index >= 15 is 0 Å². The van der Waals surface area contributed by atoms with Gasteiger partial charge in [-0.25, -0.2) is 4.79 Å². The van der Waals surface area contributed by atoms with Crippen molar-refractivity contribution in [1.82, 2.24) is 15.2 Å². The Balaban J connectivity index is 2.35. The number of nitrogens with one attached hydrogen (secondary N) is 2. The van der Waals surface area contributed by atoms with Crippen LogP contribution in [0.15, 0.2) is 24.3 Å². The van der Waals surface area contributed by atoms with Gasteiger partial charge in [-0.1, -0.05) is 18.2 Å². The summed E-state index contributed by atoms with van der Waals surface area (Å²) in [5.74, 6) is -0.308. The van der Waals surface area contributed by atoms with Gasteiger partial charge in [0, 0.05) is 29.2 Å². The van der Waals surface area contributed by atoms with Crippen molar-refractivity contribution in [3.05, 3.63) is 35.5 Å². The molecule has 98 valence electrons. The zero-order chi connectivity index (χ0) is 13.8. The summed E-state index contributed by atoms with van der Waals surface area (Å²) >= 11 is 0. The first-order chi connectivity index (χ1) is 8.95. The first-order valence-corrected chi connectivity index (χ1v) is 6.13. The Morgan fingerprint density at radius 3 is 2.53 bits per heavy atom. The summed E-state index contributed by atoms with van der Waals surface area (Å²) in [6.45, 7) is 3.69. The molecule has 1 aromatic heterocycles. The van der Waals surface area contributed by atoms with Crippen LogP contribution in [-0.4, -0.2) is 16.5 Å². The monoisotopic (exact) mass is 257 g/mol. The van der Waals surface area contributed by atoms with Gasteiger partial charge in [-0.2, -0.15) is 0 Å². The maximum Gasteiger partial charge on any atom is 0.322 e. The Morgan fingerprint density at radius 1 is 1.21 bits per heavy atom. The second-order valence-corrected chi connectivity index (χ2v) is 5.07. The van der Waals surface area contributed by atoms with Crippen LogP contribution in [0.2, 0.25) is 0 Å². The molecule has 0 saturated carbocycles. The van der Waals surface area contributed by atoms with E-state index in [2.05, 4.69) is 10.6 Å². The Labute approximate surface area is 110 Å². The van der Waals surface area contributed by atoms with Crippen LogP contribution in [0.4, 0.5) is 4.79 Å². The smallest absolute Gasteiger partial charge is 0.322 e. The Hall–Kier alpha value is -2.30. The average molecular weight is 257 g/mol. The number of aromatic nitrogens is 1. The fraction of sp³-hybridized carbons (Fsp3) is 0.286. The third-order valence-corrected chi connectivity index (χ3v) is 3.94. The van der Waals surface area contributed by atoms with Gasteiger partial charge in [0.25, 0.3) is 5.91 Å². The number of hydrogen-bond donors (Lipinski definition) is 2. The van der Waals surface area contributed by atoms with E-state index in [0.29, 0.717) is 0 Å². The highest BCUT2D eigenvalue weighted by Gasteiger charge is 2.46. The van der Waals surface area contributed by atoms with E-state index in [-0.39, 0.29) is 5.91 Å². The lowest BCUT2D eigenvalue weighted by molar-refractivity contribution is -0.123. The first-order valence-electron chi connectivity index (χ1n) is 6.13. The predicted molar refractivity (Wildman–Crippen MR) is 71.7 cm³/mol. The fourth-order valence-electron chi connectivity index (χ4n) is 2.87. The second-order valence-electron chi connectivity index (χ2n) is 5.07. The van der Waals surface area contributed by atoms with Crippen molar-refractivity contribution in [2.45, 2.75) is 19.4 Å². The van der Waals surface area contributed by atoms with Crippen LogP contribution in [0.1, 0.15) is 18.2 Å². The third kappa shape index (κ3) is 1.41. The summed E-state index contributed by atoms with van der Waals surface area (Å²) in [5, 5.41) is 6.03. The van der Waals surface area contributed by atoms with Gasteiger partial charge in [0.05, 0.1) is 0 Å². The molecule has 3 amide bonds. The summed E-state index contributed by atoms with van der Waals surface area (Å²) in [4.78, 5) is 23.6. The molecule has 3 rings (SSSR count). The lowest BCUT2D eigenvalue weighted by atomic mass is 9.90. The Kier molecular flexibility index (Phi) is 2.23. The van der Waals surface area contributed by atoms with Gasteiger partial charge in [-0.15, -0.1) is 0 Å². The minimum atomic E-state index is -1.01. The van der Waals surface area contributed by atoms with Crippen LogP contribution in [0.25, 0.3) is 10.9 Å². The van der Waals surface area contributed by atoms with Crippen molar-refractivity contribution >= 4 is 22.8 Å². The molecule has 2 N–H and O–H groups in total. The summed E-state index contributed by atoms with van der Waals surface area (Å²) < 4.78 is 2.04. The first kappa shape index (κ1) is 11.8. The van der Waals surface area contributed by atoms with Crippen LogP contribution in [-0.2, 0) is 17.4 Å². The number of carbonyl (C=O) groups is 2. The average Bonchev–Trinajstić information content (AvgIpc) is 2.77. The van der Waals surface area contributed by atoms with Gasteiger partial charge in [0.15, 0.2) is 0 Å². The minimum absolute atomic E-state index is 0.308. The van der Waals surface area contributed by atoms with Crippen molar-refractivity contribution in [1.29, 1.82) is 0 Å². The zero-order valence-electron chi connectivity index (χ0n) is 11.1. The molecule has 1 saturated heterocycles. The lowest BCUT2D eigenvalue weighted by Crippen LogP contribution is -2.41. The molecule has 0 aliphatic carbocycles. The molecule has 19 heavy (non-hydrogen) atoms. The molecule has 0 bridgehead atoms. The van der Waals surface area contributed by atoms with Gasteiger partial charge >= 0.3 is 6.03 Å². The number of nitrogens with zero attached hydrogens (tertiary/aromatic N) is 1. The highest BCUT2D eigenvalue weighted by atomic mass is 16.2. The number of imide groups is 1. The van der Waals surface area contributed by atoms with E-state index in [0.717, 1.165) is 22.2 Å². The number of hydrogen-bond acceptors (Lipinski definition) is 2. The number of rotatable bonds is 1. The zero-order valence-corrected chi connectivity index (χ0v) is 11.1. The van der Waals surface area contributed by atoms with Crippen LogP contribution in [0, 0.1) is 6.92 Å². The van der Waals surface area contributed by atoms with Gasteiger partial charge < -0.3 is 9.88 Å². The van der Waals surface area contributed by atoms with Crippen LogP contribution in [0.5, 0.6) is 0 Å². The molecule has 2 heterocycles. The quantitative estimate of drug-likeness (QED) is 0.761. The van der Waals surface area contributed by atoms with Crippen molar-refractivity contribution in [3.63, 3.8) is 0 Å². The van der Waals surface area contributed by atoms with Gasteiger partial charge in [-0.05, 0) is 19.9 Å². The SMILES string of the molecule is Cc1c(C2(C)NC(=O)NC2=O)c2ccccc2n1C. The number of para-hydroxylation sites is 1. The van der Waals surface area contributed by atoms with Gasteiger partial charge in [0.1, 0.15) is 5.54 Å². The van der Waals surface area contributed by atoms with E-state index in [1.54, 1.807) is 6.92 Å². The highest BCUT2D eigenvalue weighted by molar-refractivity contribution is 6.09. The standard InChI is InChI=1S/C14H15N3O2/c1-8-11(14(2)12(18)15-13(19)16-14)9-6-4-5-7-10(9)17(8)3/h4-7H,1-3H3,(H2,15,16,18,19). The summed E-state index contributed by atoms with van der Waals surface area (Å²) in [6.07, 6.45) is 0.